The van der Waals surface area contributed by atoms with E-state index in [0.29, 0.717) is 77.2 Å². The zero-order chi connectivity index (χ0) is 52.6. The molecule has 0 aliphatic rings. The van der Waals surface area contributed by atoms with Gasteiger partial charge in [0.15, 0.2) is 11.6 Å². The van der Waals surface area contributed by atoms with Crippen molar-refractivity contribution in [2.75, 3.05) is 33.5 Å². The van der Waals surface area contributed by atoms with E-state index < -0.39 is 32.3 Å². The molecule has 73 heavy (non-hydrogen) atoms. The van der Waals surface area contributed by atoms with Gasteiger partial charge in [0.05, 0.1) is 60.2 Å². The Morgan fingerprint density at radius 2 is 1.67 bits per heavy atom. The number of aliphatic hydroxyl groups is 1. The molecule has 0 amide bonds. The number of hydrogen-bond acceptors (Lipinski definition) is 14. The lowest BCUT2D eigenvalue weighted by atomic mass is 9.92. The highest BCUT2D eigenvalue weighted by molar-refractivity contribution is 7.22. The Kier molecular flexibility index (Phi) is 17.8. The molecule has 0 saturated carbocycles. The van der Waals surface area contributed by atoms with Crippen molar-refractivity contribution in [2.24, 2.45) is 0 Å². The molecule has 0 spiro atoms. The van der Waals surface area contributed by atoms with Crippen molar-refractivity contribution in [3.63, 3.8) is 0 Å². The number of fused-ring (bicyclic) bond motifs is 1. The van der Waals surface area contributed by atoms with E-state index in [1.807, 2.05) is 56.3 Å². The first-order valence-corrected chi connectivity index (χ1v) is 28.1. The SMILES string of the molecule is C=CCOC[C@H](CO)Oc1c(Cl)c(C)c(-c2c(-c3ccc(F)cc3)sc3ncnc(O[C@H](Cc4cc(O[Si](C)(C)C(C)(C)C)ccc4OCc4ccnc(-c5ccccc5OC)n4)C(=O)OCC)c23)c(C)c1Cl. The number of aromatic nitrogens is 4. The van der Waals surface area contributed by atoms with Crippen LogP contribution in [0, 0.1) is 19.7 Å². The number of para-hydroxylation sites is 1. The van der Waals surface area contributed by atoms with E-state index in [-0.39, 0.29) is 66.2 Å². The Bertz CT molecular complexity index is 3070. The van der Waals surface area contributed by atoms with Crippen LogP contribution in [-0.2, 0) is 27.3 Å². The van der Waals surface area contributed by atoms with Crippen molar-refractivity contribution in [1.82, 2.24) is 19.9 Å². The Labute approximate surface area is 440 Å². The van der Waals surface area contributed by atoms with Crippen molar-refractivity contribution in [3.05, 3.63) is 136 Å². The summed E-state index contributed by atoms with van der Waals surface area (Å²) in [6.45, 7) is 19.9. The molecular formula is C55H59Cl2FN4O9SSi. The van der Waals surface area contributed by atoms with Crippen molar-refractivity contribution in [2.45, 2.75) is 84.9 Å². The van der Waals surface area contributed by atoms with Gasteiger partial charge in [0.1, 0.15) is 46.9 Å². The summed E-state index contributed by atoms with van der Waals surface area (Å²) in [5.41, 5.74) is 4.91. The lowest BCUT2D eigenvalue weighted by molar-refractivity contribution is -0.151. The summed E-state index contributed by atoms with van der Waals surface area (Å²) in [5, 5.41) is 10.9. The van der Waals surface area contributed by atoms with Crippen molar-refractivity contribution < 1.29 is 47.1 Å². The molecule has 0 fully saturated rings. The number of hydrogen-bond donors (Lipinski definition) is 1. The third-order valence-corrected chi connectivity index (χ3v) is 18.9. The van der Waals surface area contributed by atoms with Gasteiger partial charge in [0, 0.05) is 28.6 Å². The zero-order valence-corrected chi connectivity index (χ0v) is 45.6. The van der Waals surface area contributed by atoms with Crippen LogP contribution in [0.3, 0.4) is 0 Å². The number of benzene rings is 4. The molecule has 7 rings (SSSR count). The largest absolute Gasteiger partial charge is 0.543 e. The number of ether oxygens (including phenoxy) is 6. The first kappa shape index (κ1) is 54.6. The number of esters is 1. The fourth-order valence-corrected chi connectivity index (χ4v) is 10.4. The second kappa shape index (κ2) is 23.8. The van der Waals surface area contributed by atoms with Gasteiger partial charge >= 0.3 is 5.97 Å². The Balaban J connectivity index is 1.34. The molecule has 0 bridgehead atoms. The van der Waals surface area contributed by atoms with Gasteiger partial charge in [-0.15, -0.1) is 17.9 Å². The van der Waals surface area contributed by atoms with Crippen molar-refractivity contribution >= 4 is 59.0 Å². The smallest absolute Gasteiger partial charge is 0.347 e. The average Bonchev–Trinajstić information content (AvgIpc) is 3.76. The summed E-state index contributed by atoms with van der Waals surface area (Å²) in [6.07, 6.45) is 2.50. The van der Waals surface area contributed by atoms with E-state index in [1.54, 1.807) is 44.5 Å². The normalized spacial score (nSPS) is 12.6. The molecule has 3 heterocycles. The fourth-order valence-electron chi connectivity index (χ4n) is 7.73. The van der Waals surface area contributed by atoms with Gasteiger partial charge in [-0.05, 0) is 110 Å². The molecule has 0 unspecified atom stereocenters. The summed E-state index contributed by atoms with van der Waals surface area (Å²) >= 11 is 15.7. The lowest BCUT2D eigenvalue weighted by Crippen LogP contribution is -2.43. The van der Waals surface area contributed by atoms with Gasteiger partial charge in [-0.3, -0.25) is 0 Å². The number of rotatable bonds is 22. The van der Waals surface area contributed by atoms with Gasteiger partial charge in [-0.2, -0.15) is 0 Å². The Hall–Kier alpha value is -6.14. The number of carbonyl (C=O) groups excluding carboxylic acids is 1. The number of carbonyl (C=O) groups is 1. The summed E-state index contributed by atoms with van der Waals surface area (Å²) in [4.78, 5) is 34.1. The van der Waals surface area contributed by atoms with Gasteiger partial charge < -0.3 is 38.0 Å². The zero-order valence-electron chi connectivity index (χ0n) is 42.3. The molecule has 1 N–H and O–H groups in total. The summed E-state index contributed by atoms with van der Waals surface area (Å²) in [7, 11) is -0.753. The molecular weight excluding hydrogens is 1010 g/mol. The number of methoxy groups -OCH3 is 1. The molecule has 0 aliphatic heterocycles. The predicted octanol–water partition coefficient (Wildman–Crippen LogP) is 13.0. The molecule has 13 nitrogen and oxygen atoms in total. The van der Waals surface area contributed by atoms with Crippen molar-refractivity contribution in [3.8, 4) is 61.8 Å². The maximum Gasteiger partial charge on any atom is 0.347 e. The minimum absolute atomic E-state index is 0.0425. The van der Waals surface area contributed by atoms with Gasteiger partial charge in [0.25, 0.3) is 0 Å². The lowest BCUT2D eigenvalue weighted by Gasteiger charge is -2.36. The molecule has 7 aromatic rings. The van der Waals surface area contributed by atoms with Gasteiger partial charge in [-0.1, -0.05) is 74.3 Å². The molecule has 4 aromatic carbocycles. The maximum atomic E-state index is 14.5. The van der Waals surface area contributed by atoms with Crippen LogP contribution in [0.2, 0.25) is 28.2 Å². The van der Waals surface area contributed by atoms with Crippen LogP contribution in [-0.4, -0.2) is 85.1 Å². The first-order valence-electron chi connectivity index (χ1n) is 23.6. The monoisotopic (exact) mass is 1070 g/mol. The van der Waals surface area contributed by atoms with Gasteiger partial charge in [0.2, 0.25) is 20.3 Å². The number of halogens is 3. The molecule has 3 aromatic heterocycles. The standard InChI is InChI=1S/C55H59Cl2FN4O9SSi/c1-11-25-66-30-39(28-63)69-49-47(56)32(3)44(33(4)48(49)57)45-46-52(60-31-61-53(46)72-50(45)34-17-19-36(58)20-18-34)70-43(54(64)67-12-2)27-35-26-38(71-73(9,10)55(5,6)7)21-22-41(35)68-29-37-23-24-59-51(62-37)40-15-13-14-16-42(40)65-8/h11,13-24,26,31,39,43,63H,1,12,25,27-30H2,2-10H3/t39-,43+/m0/s1. The predicted molar refractivity (Wildman–Crippen MR) is 288 cm³/mol. The van der Waals surface area contributed by atoms with Crippen molar-refractivity contribution in [1.29, 1.82) is 0 Å². The highest BCUT2D eigenvalue weighted by atomic mass is 35.5. The summed E-state index contributed by atoms with van der Waals surface area (Å²) in [6, 6.07) is 20.9. The second-order valence-electron chi connectivity index (χ2n) is 18.6. The molecule has 0 saturated heterocycles. The van der Waals surface area contributed by atoms with Crippen LogP contribution in [0.4, 0.5) is 4.39 Å². The quantitative estimate of drug-likeness (QED) is 0.0297. The third-order valence-electron chi connectivity index (χ3n) is 12.5. The summed E-state index contributed by atoms with van der Waals surface area (Å²) < 4.78 is 57.7. The van der Waals surface area contributed by atoms with E-state index in [4.69, 9.17) is 61.0 Å². The Morgan fingerprint density at radius 1 is 0.945 bits per heavy atom. The van der Waals surface area contributed by atoms with E-state index in [0.717, 1.165) is 5.56 Å². The molecule has 0 radical (unpaired) electrons. The van der Waals surface area contributed by atoms with Crippen LogP contribution in [0.1, 0.15) is 50.1 Å². The highest BCUT2D eigenvalue weighted by Gasteiger charge is 2.39. The molecule has 384 valence electrons. The summed E-state index contributed by atoms with van der Waals surface area (Å²) in [5.74, 6) is 1.32. The van der Waals surface area contributed by atoms with Crippen LogP contribution in [0.5, 0.6) is 28.9 Å². The minimum Gasteiger partial charge on any atom is -0.543 e. The van der Waals surface area contributed by atoms with E-state index in [9.17, 15) is 14.3 Å². The maximum absolute atomic E-state index is 14.5. The highest BCUT2D eigenvalue weighted by Crippen LogP contribution is 2.53. The number of nitrogens with zero attached hydrogens (tertiary/aromatic N) is 4. The van der Waals surface area contributed by atoms with Crippen LogP contribution in [0.25, 0.3) is 43.2 Å². The fraction of sp³-hybridized carbons (Fsp3) is 0.327. The molecule has 2 atom stereocenters. The first-order chi connectivity index (χ1) is 34.9. The van der Waals surface area contributed by atoms with E-state index in [2.05, 4.69) is 55.4 Å². The molecule has 0 aliphatic carbocycles. The Morgan fingerprint density at radius 3 is 2.34 bits per heavy atom. The van der Waals surface area contributed by atoms with Crippen LogP contribution < -0.4 is 23.4 Å². The van der Waals surface area contributed by atoms with Gasteiger partial charge in [-0.25, -0.2) is 29.1 Å². The van der Waals surface area contributed by atoms with E-state index in [1.165, 1.54) is 29.8 Å². The van der Waals surface area contributed by atoms with Crippen LogP contribution in [0.15, 0.2) is 98.0 Å². The third kappa shape index (κ3) is 12.5. The van der Waals surface area contributed by atoms with Crippen LogP contribution >= 0.6 is 34.5 Å². The minimum atomic E-state index is -2.35. The number of thiophene rings is 1. The number of aliphatic hydroxyl groups excluding tert-OH is 1. The van der Waals surface area contributed by atoms with E-state index >= 15 is 0 Å². The topological polar surface area (TPSA) is 153 Å². The second-order valence-corrected chi connectivity index (χ2v) is 25.0. The average molecular weight is 1070 g/mol. The molecule has 18 heteroatoms.